The third-order valence-corrected chi connectivity index (χ3v) is 9.58. The molecule has 6 rings (SSSR count). The molecule has 0 N–H and O–H groups in total. The van der Waals surface area contributed by atoms with Crippen molar-refractivity contribution in [2.45, 2.75) is 123 Å². The van der Waals surface area contributed by atoms with E-state index in [9.17, 15) is 0 Å². The first-order valence-corrected chi connectivity index (χ1v) is 22.8. The number of para-hydroxylation sites is 1. The Morgan fingerprint density at radius 1 is 0.462 bits per heavy atom. The van der Waals surface area contributed by atoms with Crippen molar-refractivity contribution in [2.24, 2.45) is 29.6 Å². The van der Waals surface area contributed by atoms with E-state index in [1.54, 1.807) is 40.8 Å². The van der Waals surface area contributed by atoms with Gasteiger partial charge in [0.2, 0.25) is 0 Å². The maximum absolute atomic E-state index is 5.36. The Hall–Kier alpha value is -5.57. The Kier molecular flexibility index (Phi) is 27.7. The smallest absolute Gasteiger partial charge is 0.182 e. The molecule has 65 heavy (non-hydrogen) atoms. The number of benzene rings is 1. The van der Waals surface area contributed by atoms with Crippen molar-refractivity contribution in [3.05, 3.63) is 137 Å². The van der Waals surface area contributed by atoms with Crippen molar-refractivity contribution in [3.8, 4) is 23.0 Å². The van der Waals surface area contributed by atoms with Gasteiger partial charge < -0.3 is 18.9 Å². The number of fused-ring (bicyclic) bond motifs is 1. The lowest BCUT2D eigenvalue weighted by Crippen LogP contribution is -2.03. The number of nitrogens with zero attached hydrogens (tertiary/aromatic N) is 5. The number of methoxy groups -OCH3 is 4. The molecule has 0 unspecified atom stereocenters. The zero-order chi connectivity index (χ0) is 47.6. The molecule has 0 saturated carbocycles. The van der Waals surface area contributed by atoms with E-state index in [0.717, 1.165) is 83.3 Å². The summed E-state index contributed by atoms with van der Waals surface area (Å²) in [7, 11) is 6.67. The molecule has 0 atom stereocenters. The number of hydrogen-bond acceptors (Lipinski definition) is 9. The van der Waals surface area contributed by atoms with Crippen LogP contribution in [0.3, 0.4) is 0 Å². The van der Waals surface area contributed by atoms with Gasteiger partial charge in [0.25, 0.3) is 0 Å². The molecule has 0 aliphatic heterocycles. The van der Waals surface area contributed by atoms with Crippen LogP contribution in [-0.4, -0.2) is 53.4 Å². The second kappa shape index (κ2) is 31.3. The summed E-state index contributed by atoms with van der Waals surface area (Å²) < 4.78 is 20.9. The van der Waals surface area contributed by atoms with E-state index in [0.29, 0.717) is 29.6 Å². The molecule has 0 bridgehead atoms. The Labute approximate surface area is 394 Å². The fraction of sp³-hybridized carbons (Fsp3) is 0.482. The monoisotopic (exact) mass is 890 g/mol. The Balaban J connectivity index is 0.000000407. The largest absolute Gasteiger partial charge is 0.497 e. The van der Waals surface area contributed by atoms with Gasteiger partial charge in [-0.1, -0.05) is 107 Å². The third kappa shape index (κ3) is 22.3. The molecule has 0 radical (unpaired) electrons. The molecule has 1 aromatic carbocycles. The highest BCUT2D eigenvalue weighted by atomic mass is 16.5. The summed E-state index contributed by atoms with van der Waals surface area (Å²) in [5.74, 6) is 6.58. The normalized spacial score (nSPS) is 10.4. The number of rotatable bonds is 14. The first-order valence-electron chi connectivity index (χ1n) is 22.8. The van der Waals surface area contributed by atoms with Crippen LogP contribution in [0.25, 0.3) is 10.9 Å². The van der Waals surface area contributed by atoms with E-state index in [2.05, 4.69) is 131 Å². The fourth-order valence-corrected chi connectivity index (χ4v) is 6.74. The average Bonchev–Trinajstić information content (AvgIpc) is 3.25. The maximum Gasteiger partial charge on any atom is 0.182 e. The van der Waals surface area contributed by atoms with Crippen molar-refractivity contribution in [3.63, 3.8) is 0 Å². The summed E-state index contributed by atoms with van der Waals surface area (Å²) in [6.07, 6.45) is 12.3. The Morgan fingerprint density at radius 3 is 1.58 bits per heavy atom. The van der Waals surface area contributed by atoms with Crippen LogP contribution in [0.2, 0.25) is 0 Å². The standard InChI is InChI=1S/C13H15N.C12H19NO.C11H17NO2.C10H15NO.C9H13N.CH4/c1-10(2)9-12-8-7-11-5-3-4-6-13(11)14-12;1-8(2)6-11-10(4)12(14-5)9(3)7-13-11;1-8(2)7-9-11(14-4)10(13-3)5-6-12-9;1-8(2)6-9-7-10(12-3)4-5-11-9;1-8(2)7-9-5-3-4-6-10-9;/h3-8,10H,9H2,1-2H3;7-8H,6H2,1-5H3;5-6,8H,7H2,1-4H3;4-5,7-8H,6H2,1-3H3;3-6,8H,7H2,1-2H3;1H4. The van der Waals surface area contributed by atoms with E-state index in [1.165, 1.54) is 22.3 Å². The number of hydrogen-bond donors (Lipinski definition) is 0. The van der Waals surface area contributed by atoms with Crippen LogP contribution in [-0.2, 0) is 32.1 Å². The van der Waals surface area contributed by atoms with Gasteiger partial charge in [0.15, 0.2) is 11.5 Å². The van der Waals surface area contributed by atoms with Crippen LogP contribution in [0.1, 0.15) is 116 Å². The molecule has 0 amide bonds. The second-order valence-corrected chi connectivity index (χ2v) is 18.0. The molecule has 0 saturated heterocycles. The lowest BCUT2D eigenvalue weighted by molar-refractivity contribution is 0.347. The molecule has 356 valence electrons. The van der Waals surface area contributed by atoms with Crippen molar-refractivity contribution in [1.29, 1.82) is 0 Å². The molecule has 0 fully saturated rings. The van der Waals surface area contributed by atoms with Gasteiger partial charge in [0, 0.05) is 76.2 Å². The van der Waals surface area contributed by atoms with Gasteiger partial charge in [0.05, 0.1) is 39.6 Å². The lowest BCUT2D eigenvalue weighted by Gasteiger charge is -2.13. The van der Waals surface area contributed by atoms with Crippen molar-refractivity contribution in [2.75, 3.05) is 28.4 Å². The van der Waals surface area contributed by atoms with Crippen molar-refractivity contribution < 1.29 is 18.9 Å². The molecule has 0 spiro atoms. The number of ether oxygens (including phenoxy) is 4. The zero-order valence-corrected chi connectivity index (χ0v) is 42.0. The van der Waals surface area contributed by atoms with Gasteiger partial charge in [-0.3, -0.25) is 24.9 Å². The molecule has 9 heteroatoms. The molecule has 0 aliphatic rings. The predicted octanol–water partition coefficient (Wildman–Crippen LogP) is 13.8. The quantitative estimate of drug-likeness (QED) is 0.106. The lowest BCUT2D eigenvalue weighted by atomic mass is 10.0. The summed E-state index contributed by atoms with van der Waals surface area (Å²) >= 11 is 0. The van der Waals surface area contributed by atoms with Gasteiger partial charge in [-0.2, -0.15) is 0 Å². The van der Waals surface area contributed by atoms with Crippen LogP contribution in [0.5, 0.6) is 23.0 Å². The van der Waals surface area contributed by atoms with E-state index in [-0.39, 0.29) is 7.43 Å². The topological polar surface area (TPSA) is 101 Å². The number of pyridine rings is 5. The summed E-state index contributed by atoms with van der Waals surface area (Å²) in [5.41, 5.74) is 8.99. The molecule has 0 aliphatic carbocycles. The van der Waals surface area contributed by atoms with Gasteiger partial charge in [-0.15, -0.1) is 0 Å². The third-order valence-electron chi connectivity index (χ3n) is 9.58. The molecule has 6 aromatic rings. The van der Waals surface area contributed by atoms with Gasteiger partial charge in [-0.25, -0.2) is 0 Å². The predicted molar refractivity (Wildman–Crippen MR) is 274 cm³/mol. The zero-order valence-electron chi connectivity index (χ0n) is 42.0. The highest BCUT2D eigenvalue weighted by Crippen LogP contribution is 2.30. The number of aromatic nitrogens is 5. The minimum absolute atomic E-state index is 0. The Bertz CT molecular complexity index is 2190. The van der Waals surface area contributed by atoms with Crippen LogP contribution >= 0.6 is 0 Å². The maximum atomic E-state index is 5.36. The van der Waals surface area contributed by atoms with E-state index >= 15 is 0 Å². The van der Waals surface area contributed by atoms with E-state index < -0.39 is 0 Å². The van der Waals surface area contributed by atoms with Crippen molar-refractivity contribution >= 4 is 10.9 Å². The molecule has 5 heterocycles. The van der Waals surface area contributed by atoms with E-state index in [4.69, 9.17) is 18.9 Å². The van der Waals surface area contributed by atoms with Gasteiger partial charge in [-0.05, 0) is 106 Å². The first-order chi connectivity index (χ1) is 30.5. The summed E-state index contributed by atoms with van der Waals surface area (Å²) in [6, 6.07) is 24.2. The van der Waals surface area contributed by atoms with Crippen LogP contribution in [0, 0.1) is 43.4 Å². The molecule has 5 aromatic heterocycles. The van der Waals surface area contributed by atoms with E-state index in [1.807, 2.05) is 61.8 Å². The Morgan fingerprint density at radius 2 is 1.02 bits per heavy atom. The van der Waals surface area contributed by atoms with Crippen LogP contribution in [0.4, 0.5) is 0 Å². The minimum Gasteiger partial charge on any atom is -0.497 e. The summed E-state index contributed by atoms with van der Waals surface area (Å²) in [5, 5.41) is 1.22. The molecular weight excluding hydrogens is 807 g/mol. The van der Waals surface area contributed by atoms with Crippen LogP contribution in [0.15, 0.2) is 97.6 Å². The second-order valence-electron chi connectivity index (χ2n) is 18.0. The molecule has 9 nitrogen and oxygen atoms in total. The fourth-order valence-electron chi connectivity index (χ4n) is 6.74. The van der Waals surface area contributed by atoms with Gasteiger partial charge in [0.1, 0.15) is 11.5 Å². The molecular formula is C56H83N5O4. The highest BCUT2D eigenvalue weighted by molar-refractivity contribution is 5.78. The minimum atomic E-state index is 0. The summed E-state index contributed by atoms with van der Waals surface area (Å²) in [6.45, 7) is 26.0. The first kappa shape index (κ1) is 57.4. The summed E-state index contributed by atoms with van der Waals surface area (Å²) in [4.78, 5) is 21.8. The van der Waals surface area contributed by atoms with Gasteiger partial charge >= 0.3 is 0 Å². The van der Waals surface area contributed by atoms with Crippen molar-refractivity contribution in [1.82, 2.24) is 24.9 Å². The van der Waals surface area contributed by atoms with Crippen LogP contribution < -0.4 is 18.9 Å². The average molecular weight is 890 g/mol. The SMILES string of the molecule is C.CC(C)Cc1ccc2ccccc2n1.CC(C)Cc1ccccn1.COc1c(C)cnc(CC(C)C)c1C.COc1ccnc(CC(C)C)c1.COc1ccnc(CC(C)C)c1OC. The highest BCUT2D eigenvalue weighted by Gasteiger charge is 2.12. The number of aryl methyl sites for hydroxylation is 1.